The predicted octanol–water partition coefficient (Wildman–Crippen LogP) is 0.819. The van der Waals surface area contributed by atoms with Crippen molar-refractivity contribution in [1.82, 2.24) is 0 Å². The molecule has 3 N–H and O–H groups in total. The van der Waals surface area contributed by atoms with Gasteiger partial charge in [-0.25, -0.2) is 4.79 Å². The van der Waals surface area contributed by atoms with Crippen LogP contribution in [-0.2, 0) is 19.0 Å². The average Bonchev–Trinajstić information content (AvgIpc) is 2.86. The largest absolute Gasteiger partial charge is 0.458 e. The van der Waals surface area contributed by atoms with Crippen LogP contribution in [0.15, 0.2) is 23.3 Å². The second-order valence-electron chi connectivity index (χ2n) is 8.72. The first-order chi connectivity index (χ1) is 12.7. The van der Waals surface area contributed by atoms with E-state index < -0.39 is 24.6 Å². The van der Waals surface area contributed by atoms with E-state index in [2.05, 4.69) is 20.4 Å². The summed E-state index contributed by atoms with van der Waals surface area (Å²) in [5, 5.41) is 29.6. The number of aliphatic hydroxyl groups excluding tert-OH is 3. The van der Waals surface area contributed by atoms with E-state index >= 15 is 0 Å². The molecule has 0 bridgehead atoms. The summed E-state index contributed by atoms with van der Waals surface area (Å²) in [7, 11) is 0. The van der Waals surface area contributed by atoms with Crippen LogP contribution in [0.4, 0.5) is 0 Å². The molecular formula is C20H28O7. The summed E-state index contributed by atoms with van der Waals surface area (Å²) in [6, 6.07) is 0. The Bertz CT molecular complexity index is 686. The Kier molecular flexibility index (Phi) is 4.71. The van der Waals surface area contributed by atoms with Crippen molar-refractivity contribution < 1.29 is 34.3 Å². The van der Waals surface area contributed by atoms with Gasteiger partial charge in [0.15, 0.2) is 6.29 Å². The monoisotopic (exact) mass is 380 g/mol. The van der Waals surface area contributed by atoms with Crippen molar-refractivity contribution in [2.24, 2.45) is 11.3 Å². The normalized spacial score (nSPS) is 47.5. The Balaban J connectivity index is 1.50. The second-order valence-corrected chi connectivity index (χ2v) is 8.72. The summed E-state index contributed by atoms with van der Waals surface area (Å²) in [6.45, 7) is 8.09. The highest BCUT2D eigenvalue weighted by atomic mass is 16.7. The molecule has 0 unspecified atom stereocenters. The molecule has 1 saturated carbocycles. The van der Waals surface area contributed by atoms with Crippen molar-refractivity contribution in [3.63, 3.8) is 0 Å². The van der Waals surface area contributed by atoms with Gasteiger partial charge < -0.3 is 29.5 Å². The molecule has 4 rings (SSSR count). The fourth-order valence-corrected chi connectivity index (χ4v) is 5.26. The van der Waals surface area contributed by atoms with E-state index in [1.54, 1.807) is 0 Å². The summed E-state index contributed by atoms with van der Waals surface area (Å²) in [4.78, 5) is 11.9. The highest BCUT2D eigenvalue weighted by Crippen LogP contribution is 2.55. The van der Waals surface area contributed by atoms with Gasteiger partial charge in [0.25, 0.3) is 0 Å². The molecule has 2 saturated heterocycles. The molecular weight excluding hydrogens is 352 g/mol. The maximum absolute atomic E-state index is 11.9. The Hall–Kier alpha value is -1.25. The summed E-state index contributed by atoms with van der Waals surface area (Å²) < 4.78 is 16.9. The molecule has 150 valence electrons. The topological polar surface area (TPSA) is 105 Å². The first kappa shape index (κ1) is 19.1. The molecule has 2 aliphatic carbocycles. The predicted molar refractivity (Wildman–Crippen MR) is 94.4 cm³/mol. The maximum Gasteiger partial charge on any atom is 0.334 e. The third-order valence-electron chi connectivity index (χ3n) is 6.73. The van der Waals surface area contributed by atoms with Crippen LogP contribution in [0.2, 0.25) is 0 Å². The number of esters is 1. The first-order valence-electron chi connectivity index (χ1n) is 9.60. The van der Waals surface area contributed by atoms with Gasteiger partial charge in [0, 0.05) is 11.5 Å². The zero-order valence-corrected chi connectivity index (χ0v) is 15.8. The smallest absolute Gasteiger partial charge is 0.334 e. The molecule has 2 heterocycles. The van der Waals surface area contributed by atoms with Crippen LogP contribution in [0.1, 0.15) is 39.5 Å². The van der Waals surface area contributed by atoms with Crippen LogP contribution in [0.3, 0.4) is 0 Å². The van der Waals surface area contributed by atoms with Crippen molar-refractivity contribution >= 4 is 5.97 Å². The van der Waals surface area contributed by atoms with Gasteiger partial charge in [-0.3, -0.25) is 0 Å². The minimum atomic E-state index is -1.29. The van der Waals surface area contributed by atoms with Crippen LogP contribution < -0.4 is 0 Å². The van der Waals surface area contributed by atoms with Gasteiger partial charge in [-0.1, -0.05) is 24.6 Å². The first-order valence-corrected chi connectivity index (χ1v) is 9.60. The van der Waals surface area contributed by atoms with Crippen LogP contribution >= 0.6 is 0 Å². The third-order valence-corrected chi connectivity index (χ3v) is 6.73. The van der Waals surface area contributed by atoms with E-state index in [4.69, 9.17) is 14.2 Å². The molecule has 0 spiro atoms. The molecule has 0 radical (unpaired) electrons. The number of hydrogen-bond acceptors (Lipinski definition) is 7. The molecule has 0 amide bonds. The molecule has 7 nitrogen and oxygen atoms in total. The molecule has 27 heavy (non-hydrogen) atoms. The standard InChI is InChI=1S/C20H28O7/c1-9-4-11(26-19-17(23)16(22)14(21)8-25-19)6-20(3)7-15-12(5-13(9)20)10(2)18(24)27-15/h11-12,14-17,19,21-23H,2,4-8H2,1,3H3/t11-,12+,14+,15+,16-,17+,19-,20+/m0/s1. The number of aliphatic hydroxyl groups is 3. The lowest BCUT2D eigenvalue weighted by atomic mass is 9.60. The Labute approximate surface area is 158 Å². The number of ether oxygens (including phenoxy) is 3. The highest BCUT2D eigenvalue weighted by Gasteiger charge is 2.52. The molecule has 3 fully saturated rings. The SMILES string of the molecule is C=C1C(=O)O[C@@H]2C[C@@]3(C)C[C@@H](O[C@@H]4OC[C@@H](O)[C@H](O)[C@H]4O)CC(C)=C3C[C@H]12. The maximum atomic E-state index is 11.9. The Morgan fingerprint density at radius 1 is 1.19 bits per heavy atom. The minimum Gasteiger partial charge on any atom is -0.458 e. The van der Waals surface area contributed by atoms with Gasteiger partial charge >= 0.3 is 5.97 Å². The van der Waals surface area contributed by atoms with E-state index in [1.165, 1.54) is 11.1 Å². The van der Waals surface area contributed by atoms with Gasteiger partial charge in [0.1, 0.15) is 24.4 Å². The van der Waals surface area contributed by atoms with Gasteiger partial charge in [0.05, 0.1) is 12.7 Å². The lowest BCUT2D eigenvalue weighted by Gasteiger charge is -2.48. The number of fused-ring (bicyclic) bond motifs is 2. The zero-order valence-electron chi connectivity index (χ0n) is 15.8. The molecule has 0 aromatic heterocycles. The van der Waals surface area contributed by atoms with Crippen LogP contribution in [0.25, 0.3) is 0 Å². The molecule has 2 aliphatic heterocycles. The van der Waals surface area contributed by atoms with E-state index in [0.717, 1.165) is 19.3 Å². The van der Waals surface area contributed by atoms with Crippen molar-refractivity contribution in [1.29, 1.82) is 0 Å². The van der Waals surface area contributed by atoms with Crippen molar-refractivity contribution in [2.75, 3.05) is 6.61 Å². The molecule has 0 aromatic carbocycles. The van der Waals surface area contributed by atoms with Crippen LogP contribution in [-0.4, -0.2) is 64.7 Å². The highest BCUT2D eigenvalue weighted by molar-refractivity contribution is 5.91. The summed E-state index contributed by atoms with van der Waals surface area (Å²) in [6.07, 6.45) is -2.04. The second kappa shape index (κ2) is 6.67. The van der Waals surface area contributed by atoms with E-state index in [0.29, 0.717) is 12.0 Å². The van der Waals surface area contributed by atoms with E-state index in [9.17, 15) is 20.1 Å². The van der Waals surface area contributed by atoms with Gasteiger partial charge in [-0.2, -0.15) is 0 Å². The summed E-state index contributed by atoms with van der Waals surface area (Å²) in [5.41, 5.74) is 3.00. The number of carbonyl (C=O) groups excluding carboxylic acids is 1. The van der Waals surface area contributed by atoms with Crippen molar-refractivity contribution in [3.8, 4) is 0 Å². The van der Waals surface area contributed by atoms with Crippen LogP contribution in [0.5, 0.6) is 0 Å². The fourth-order valence-electron chi connectivity index (χ4n) is 5.26. The third kappa shape index (κ3) is 3.15. The minimum absolute atomic E-state index is 0.0631. The lowest BCUT2D eigenvalue weighted by Crippen LogP contribution is -2.55. The summed E-state index contributed by atoms with van der Waals surface area (Å²) >= 11 is 0. The molecule has 0 aromatic rings. The van der Waals surface area contributed by atoms with Crippen molar-refractivity contribution in [2.45, 2.75) is 76.3 Å². The quantitative estimate of drug-likeness (QED) is 0.370. The number of carbonyl (C=O) groups is 1. The van der Waals surface area contributed by atoms with E-state index in [1.807, 2.05) is 0 Å². The lowest BCUT2D eigenvalue weighted by molar-refractivity contribution is -0.285. The Morgan fingerprint density at radius 3 is 2.67 bits per heavy atom. The van der Waals surface area contributed by atoms with Gasteiger partial charge in [-0.15, -0.1) is 0 Å². The number of allylic oxidation sites excluding steroid dienone is 1. The van der Waals surface area contributed by atoms with Crippen LogP contribution in [0, 0.1) is 11.3 Å². The zero-order chi connectivity index (χ0) is 19.5. The van der Waals surface area contributed by atoms with Gasteiger partial charge in [0.2, 0.25) is 0 Å². The van der Waals surface area contributed by atoms with Gasteiger partial charge in [-0.05, 0) is 38.0 Å². The number of rotatable bonds is 2. The Morgan fingerprint density at radius 2 is 1.93 bits per heavy atom. The fraction of sp³-hybridized carbons (Fsp3) is 0.750. The van der Waals surface area contributed by atoms with Crippen molar-refractivity contribution in [3.05, 3.63) is 23.3 Å². The van der Waals surface area contributed by atoms with E-state index in [-0.39, 0.29) is 36.1 Å². The summed E-state index contributed by atoms with van der Waals surface area (Å²) in [5.74, 6) is -0.224. The molecule has 8 atom stereocenters. The average molecular weight is 380 g/mol. The molecule has 7 heteroatoms. The number of hydrogen-bond donors (Lipinski definition) is 3. The molecule has 4 aliphatic rings.